The largest absolute Gasteiger partial charge is 0.479 e. The molecule has 1 heterocycles. The molecule has 5 heteroatoms. The third kappa shape index (κ3) is 1.86. The molecule has 1 atom stereocenters. The third-order valence-corrected chi connectivity index (χ3v) is 1.74. The van der Waals surface area contributed by atoms with Crippen molar-refractivity contribution < 1.29 is 19.1 Å². The fraction of sp³-hybridized carbons (Fsp3) is 0.286. The summed E-state index contributed by atoms with van der Waals surface area (Å²) in [5.41, 5.74) is 0. The number of carboxylic acids is 1. The average molecular weight is 235 g/mol. The molecule has 66 valence electrons. The molecule has 0 aromatic carbocycles. The number of furan rings is 1. The summed E-state index contributed by atoms with van der Waals surface area (Å²) in [5.74, 6) is -0.795. The highest BCUT2D eigenvalue weighted by Crippen LogP contribution is 2.22. The molecule has 1 aromatic rings. The second-order valence-corrected chi connectivity index (χ2v) is 2.88. The van der Waals surface area contributed by atoms with Crippen molar-refractivity contribution in [2.24, 2.45) is 0 Å². The van der Waals surface area contributed by atoms with E-state index in [4.69, 9.17) is 14.3 Å². The van der Waals surface area contributed by atoms with Crippen molar-refractivity contribution in [3.8, 4) is 0 Å². The highest BCUT2D eigenvalue weighted by Gasteiger charge is 2.22. The van der Waals surface area contributed by atoms with Gasteiger partial charge < -0.3 is 14.3 Å². The molecule has 0 saturated heterocycles. The molecule has 0 aliphatic carbocycles. The van der Waals surface area contributed by atoms with Crippen LogP contribution in [0.4, 0.5) is 0 Å². The van der Waals surface area contributed by atoms with Crippen LogP contribution in [0, 0.1) is 0 Å². The fourth-order valence-electron chi connectivity index (χ4n) is 0.808. The number of methoxy groups -OCH3 is 1. The van der Waals surface area contributed by atoms with Crippen molar-refractivity contribution in [3.05, 3.63) is 22.6 Å². The molecule has 0 radical (unpaired) electrons. The van der Waals surface area contributed by atoms with Crippen molar-refractivity contribution in [3.63, 3.8) is 0 Å². The second kappa shape index (κ2) is 3.73. The van der Waals surface area contributed by atoms with Crippen LogP contribution in [0.15, 0.2) is 21.2 Å². The Balaban J connectivity index is 2.87. The minimum Gasteiger partial charge on any atom is -0.479 e. The van der Waals surface area contributed by atoms with Gasteiger partial charge in [0.05, 0.1) is 0 Å². The zero-order valence-corrected chi connectivity index (χ0v) is 7.87. The lowest BCUT2D eigenvalue weighted by Gasteiger charge is -2.05. The quantitative estimate of drug-likeness (QED) is 0.867. The smallest absolute Gasteiger partial charge is 0.340 e. The average Bonchev–Trinajstić information content (AvgIpc) is 2.37. The van der Waals surface area contributed by atoms with Gasteiger partial charge in [-0.2, -0.15) is 0 Å². The lowest BCUT2D eigenvalue weighted by Crippen LogP contribution is -2.12. The van der Waals surface area contributed by atoms with Crippen LogP contribution in [0.1, 0.15) is 11.9 Å². The van der Waals surface area contributed by atoms with Gasteiger partial charge in [-0.3, -0.25) is 0 Å². The van der Waals surface area contributed by atoms with Gasteiger partial charge in [-0.15, -0.1) is 0 Å². The summed E-state index contributed by atoms with van der Waals surface area (Å²) in [6.07, 6.45) is -1.03. The summed E-state index contributed by atoms with van der Waals surface area (Å²) in [4.78, 5) is 10.5. The Morgan fingerprint density at radius 1 is 1.75 bits per heavy atom. The van der Waals surface area contributed by atoms with Crippen molar-refractivity contribution in [2.75, 3.05) is 7.11 Å². The van der Waals surface area contributed by atoms with Gasteiger partial charge in [0.2, 0.25) is 6.10 Å². The first-order valence-electron chi connectivity index (χ1n) is 3.16. The molecular weight excluding hydrogens is 228 g/mol. The Bertz CT molecular complexity index is 281. The van der Waals surface area contributed by atoms with Crippen LogP contribution >= 0.6 is 15.9 Å². The molecule has 12 heavy (non-hydrogen) atoms. The minimum atomic E-state index is -1.07. The van der Waals surface area contributed by atoms with Crippen molar-refractivity contribution >= 4 is 21.9 Å². The predicted molar refractivity (Wildman–Crippen MR) is 43.8 cm³/mol. The Kier molecular flexibility index (Phi) is 2.88. The SMILES string of the molecule is COC(C(=O)O)c1ccc(Br)o1. The molecular formula is C7H7BrO4. The molecule has 0 amide bonds. The first kappa shape index (κ1) is 9.28. The minimum absolute atomic E-state index is 0.275. The molecule has 1 rings (SSSR count). The Hall–Kier alpha value is -0.810. The summed E-state index contributed by atoms with van der Waals surface area (Å²) < 4.78 is 10.2. The first-order chi connectivity index (χ1) is 5.65. The third-order valence-electron chi connectivity index (χ3n) is 1.31. The molecule has 1 N–H and O–H groups in total. The van der Waals surface area contributed by atoms with E-state index >= 15 is 0 Å². The van der Waals surface area contributed by atoms with Crippen LogP contribution in [-0.4, -0.2) is 18.2 Å². The maximum atomic E-state index is 10.5. The highest BCUT2D eigenvalue weighted by atomic mass is 79.9. The van der Waals surface area contributed by atoms with Crippen LogP contribution in [0.5, 0.6) is 0 Å². The van der Waals surface area contributed by atoms with Gasteiger partial charge in [-0.05, 0) is 28.1 Å². The highest BCUT2D eigenvalue weighted by molar-refractivity contribution is 9.10. The number of rotatable bonds is 3. The molecule has 0 saturated carbocycles. The van der Waals surface area contributed by atoms with Gasteiger partial charge in [0.25, 0.3) is 0 Å². The van der Waals surface area contributed by atoms with Crippen molar-refractivity contribution in [1.29, 1.82) is 0 Å². The second-order valence-electron chi connectivity index (χ2n) is 2.10. The van der Waals surface area contributed by atoms with E-state index in [0.29, 0.717) is 4.67 Å². The topological polar surface area (TPSA) is 59.7 Å². The van der Waals surface area contributed by atoms with Gasteiger partial charge in [-0.1, -0.05) is 0 Å². The lowest BCUT2D eigenvalue weighted by molar-refractivity contribution is -0.149. The van der Waals surface area contributed by atoms with E-state index in [1.807, 2.05) is 0 Å². The number of carbonyl (C=O) groups is 1. The summed E-state index contributed by atoms with van der Waals surface area (Å²) in [5, 5.41) is 8.64. The van der Waals surface area contributed by atoms with Crippen LogP contribution in [0.3, 0.4) is 0 Å². The standard InChI is InChI=1S/C7H7BrO4/c1-11-6(7(9)10)4-2-3-5(8)12-4/h2-3,6H,1H3,(H,9,10). The number of ether oxygens (including phenoxy) is 1. The monoisotopic (exact) mass is 234 g/mol. The van der Waals surface area contributed by atoms with E-state index in [1.54, 1.807) is 12.1 Å². The van der Waals surface area contributed by atoms with Crippen molar-refractivity contribution in [1.82, 2.24) is 0 Å². The van der Waals surface area contributed by atoms with Gasteiger partial charge >= 0.3 is 5.97 Å². The van der Waals surface area contributed by atoms with E-state index in [1.165, 1.54) is 7.11 Å². The number of aliphatic carboxylic acids is 1. The van der Waals surface area contributed by atoms with Crippen LogP contribution in [0.25, 0.3) is 0 Å². The lowest BCUT2D eigenvalue weighted by atomic mass is 10.3. The number of carboxylic acid groups (broad SMARTS) is 1. The Morgan fingerprint density at radius 2 is 2.42 bits per heavy atom. The zero-order valence-electron chi connectivity index (χ0n) is 6.28. The molecule has 0 bridgehead atoms. The molecule has 0 spiro atoms. The summed E-state index contributed by atoms with van der Waals surface area (Å²) in [6.45, 7) is 0. The van der Waals surface area contributed by atoms with Gasteiger partial charge in [0, 0.05) is 7.11 Å². The summed E-state index contributed by atoms with van der Waals surface area (Å²) in [6, 6.07) is 3.16. The van der Waals surface area contributed by atoms with Crippen LogP contribution in [-0.2, 0) is 9.53 Å². The van der Waals surface area contributed by atoms with E-state index in [-0.39, 0.29) is 5.76 Å². The normalized spacial score (nSPS) is 12.8. The number of hydrogen-bond acceptors (Lipinski definition) is 3. The molecule has 1 unspecified atom stereocenters. The van der Waals surface area contributed by atoms with E-state index in [9.17, 15) is 4.79 Å². The van der Waals surface area contributed by atoms with E-state index in [0.717, 1.165) is 0 Å². The molecule has 1 aromatic heterocycles. The van der Waals surface area contributed by atoms with Crippen LogP contribution in [0.2, 0.25) is 0 Å². The van der Waals surface area contributed by atoms with Gasteiger partial charge in [-0.25, -0.2) is 4.79 Å². The zero-order chi connectivity index (χ0) is 9.14. The number of halogens is 1. The van der Waals surface area contributed by atoms with Gasteiger partial charge in [0.1, 0.15) is 5.76 Å². The first-order valence-corrected chi connectivity index (χ1v) is 3.95. The van der Waals surface area contributed by atoms with E-state index in [2.05, 4.69) is 15.9 Å². The fourth-order valence-corrected chi connectivity index (χ4v) is 1.13. The Labute approximate surface area is 77.3 Å². The predicted octanol–water partition coefficient (Wildman–Crippen LogP) is 1.81. The Morgan fingerprint density at radius 3 is 2.75 bits per heavy atom. The maximum absolute atomic E-state index is 10.5. The summed E-state index contributed by atoms with van der Waals surface area (Å²) >= 11 is 3.06. The number of hydrogen-bond donors (Lipinski definition) is 1. The van der Waals surface area contributed by atoms with E-state index < -0.39 is 12.1 Å². The summed E-state index contributed by atoms with van der Waals surface area (Å²) in [7, 11) is 1.31. The molecule has 0 aliphatic heterocycles. The van der Waals surface area contributed by atoms with Crippen molar-refractivity contribution in [2.45, 2.75) is 6.10 Å². The molecule has 4 nitrogen and oxygen atoms in total. The van der Waals surface area contributed by atoms with Gasteiger partial charge in [0.15, 0.2) is 4.67 Å². The molecule has 0 fully saturated rings. The van der Waals surface area contributed by atoms with Crippen LogP contribution < -0.4 is 0 Å². The maximum Gasteiger partial charge on any atom is 0.340 e. The molecule has 0 aliphatic rings.